The topological polar surface area (TPSA) is 183 Å². The SMILES string of the molecule is Cc1nc(NCc2cccc(C(F)F)c2F)c2cc(C3(C#N)CC3)c(NC3COC3)nc2n1.Cc1nc(NCc2cccc(C(F)F)c2F)c2cc(C3(C#N)CC3)c(OC3CN(C)CC3C)nc2n1. The van der Waals surface area contributed by atoms with E-state index in [0.29, 0.717) is 94.6 Å². The molecule has 2 unspecified atom stereocenters. The molecule has 2 saturated carbocycles. The molecule has 0 spiro atoms. The van der Waals surface area contributed by atoms with E-state index < -0.39 is 46.4 Å². The van der Waals surface area contributed by atoms with Gasteiger partial charge in [-0.3, -0.25) is 0 Å². The van der Waals surface area contributed by atoms with Crippen molar-refractivity contribution in [2.24, 2.45) is 5.92 Å². The molecule has 69 heavy (non-hydrogen) atoms. The Balaban J connectivity index is 0.000000172. The van der Waals surface area contributed by atoms with Crippen molar-refractivity contribution in [1.82, 2.24) is 34.8 Å². The Morgan fingerprint density at radius 3 is 1.68 bits per heavy atom. The van der Waals surface area contributed by atoms with Gasteiger partial charge in [-0.05, 0) is 58.7 Å². The highest BCUT2D eigenvalue weighted by atomic mass is 19.3. The number of nitrogens with zero attached hydrogens (tertiary/aromatic N) is 9. The molecule has 2 atom stereocenters. The van der Waals surface area contributed by atoms with Crippen LogP contribution in [0.3, 0.4) is 0 Å². The summed E-state index contributed by atoms with van der Waals surface area (Å²) >= 11 is 0. The molecule has 358 valence electrons. The molecular weight excluding hydrogens is 903 g/mol. The summed E-state index contributed by atoms with van der Waals surface area (Å²) in [6.45, 7) is 8.26. The first-order chi connectivity index (χ1) is 33.1. The third kappa shape index (κ3) is 9.60. The summed E-state index contributed by atoms with van der Waals surface area (Å²) < 4.78 is 93.1. The van der Waals surface area contributed by atoms with Crippen LogP contribution in [-0.2, 0) is 28.7 Å². The van der Waals surface area contributed by atoms with E-state index in [1.807, 2.05) is 19.2 Å². The van der Waals surface area contributed by atoms with Gasteiger partial charge in [0, 0.05) is 54.4 Å². The average molecular weight is 951 g/mol. The van der Waals surface area contributed by atoms with Crippen LogP contribution in [0.25, 0.3) is 22.1 Å². The highest BCUT2D eigenvalue weighted by Crippen LogP contribution is 2.52. The summed E-state index contributed by atoms with van der Waals surface area (Å²) in [5, 5.41) is 30.4. The lowest BCUT2D eigenvalue weighted by Gasteiger charge is -2.29. The van der Waals surface area contributed by atoms with Crippen LogP contribution in [0.5, 0.6) is 5.88 Å². The van der Waals surface area contributed by atoms with E-state index in [1.165, 1.54) is 24.3 Å². The zero-order chi connectivity index (χ0) is 48.8. The van der Waals surface area contributed by atoms with E-state index in [-0.39, 0.29) is 36.4 Å². The first-order valence-corrected chi connectivity index (χ1v) is 22.6. The molecule has 20 heteroatoms. The molecule has 2 aliphatic heterocycles. The van der Waals surface area contributed by atoms with Gasteiger partial charge in [-0.25, -0.2) is 51.3 Å². The number of hydrogen-bond donors (Lipinski definition) is 3. The van der Waals surface area contributed by atoms with Crippen LogP contribution in [0, 0.1) is 54.1 Å². The van der Waals surface area contributed by atoms with E-state index in [9.17, 15) is 36.9 Å². The quantitative estimate of drug-likeness (QED) is 0.0879. The molecule has 2 aliphatic carbocycles. The molecule has 6 heterocycles. The molecule has 14 nitrogen and oxygen atoms in total. The number of benzene rings is 2. The van der Waals surface area contributed by atoms with Crippen molar-refractivity contribution in [3.8, 4) is 18.0 Å². The molecule has 10 rings (SSSR count). The van der Waals surface area contributed by atoms with Gasteiger partial charge in [0.1, 0.15) is 46.8 Å². The van der Waals surface area contributed by atoms with Crippen LogP contribution < -0.4 is 20.7 Å². The molecule has 2 saturated heterocycles. The second-order valence-corrected chi connectivity index (χ2v) is 18.3. The van der Waals surface area contributed by atoms with Gasteiger partial charge < -0.3 is 30.3 Å². The van der Waals surface area contributed by atoms with Crippen molar-refractivity contribution >= 4 is 39.5 Å². The van der Waals surface area contributed by atoms with Gasteiger partial charge in [-0.15, -0.1) is 0 Å². The van der Waals surface area contributed by atoms with Crippen molar-refractivity contribution in [1.29, 1.82) is 10.5 Å². The van der Waals surface area contributed by atoms with Crippen molar-refractivity contribution in [2.75, 3.05) is 49.3 Å². The second kappa shape index (κ2) is 18.9. The number of rotatable bonds is 14. The number of nitriles is 2. The van der Waals surface area contributed by atoms with E-state index in [1.54, 1.807) is 13.8 Å². The number of fused-ring (bicyclic) bond motifs is 2. The number of aryl methyl sites for hydroxylation is 2. The molecule has 4 fully saturated rings. The molecular formula is C49H48F6N12O2. The van der Waals surface area contributed by atoms with Crippen LogP contribution in [0.2, 0.25) is 0 Å². The van der Waals surface area contributed by atoms with E-state index in [2.05, 4.69) is 59.8 Å². The van der Waals surface area contributed by atoms with Gasteiger partial charge in [0.15, 0.2) is 11.3 Å². The molecule has 3 N–H and O–H groups in total. The van der Waals surface area contributed by atoms with E-state index in [0.717, 1.165) is 43.6 Å². The lowest BCUT2D eigenvalue weighted by Crippen LogP contribution is -2.41. The molecule has 2 aromatic carbocycles. The Hall–Kier alpha value is -6.90. The summed E-state index contributed by atoms with van der Waals surface area (Å²) in [7, 11) is 2.04. The van der Waals surface area contributed by atoms with Crippen LogP contribution >= 0.6 is 0 Å². The monoisotopic (exact) mass is 950 g/mol. The fourth-order valence-corrected chi connectivity index (χ4v) is 8.77. The van der Waals surface area contributed by atoms with Gasteiger partial charge in [0.2, 0.25) is 5.88 Å². The Morgan fingerprint density at radius 2 is 1.23 bits per heavy atom. The number of alkyl halides is 4. The maximum Gasteiger partial charge on any atom is 0.266 e. The maximum absolute atomic E-state index is 14.6. The van der Waals surface area contributed by atoms with E-state index in [4.69, 9.17) is 19.4 Å². The lowest BCUT2D eigenvalue weighted by molar-refractivity contribution is 0.0209. The minimum atomic E-state index is -2.90. The van der Waals surface area contributed by atoms with Gasteiger partial charge >= 0.3 is 0 Å². The zero-order valence-electron chi connectivity index (χ0n) is 38.2. The number of aromatic nitrogens is 6. The van der Waals surface area contributed by atoms with Crippen molar-refractivity contribution < 1.29 is 35.8 Å². The summed E-state index contributed by atoms with van der Waals surface area (Å²) in [6.07, 6.45) is -2.99. The van der Waals surface area contributed by atoms with Gasteiger partial charge in [0.25, 0.3) is 12.9 Å². The molecule has 4 aliphatic rings. The Morgan fingerprint density at radius 1 is 0.725 bits per heavy atom. The molecule has 0 radical (unpaired) electrons. The third-order valence-corrected chi connectivity index (χ3v) is 13.1. The van der Waals surface area contributed by atoms with Crippen molar-refractivity contribution in [3.05, 3.63) is 105 Å². The minimum Gasteiger partial charge on any atom is -0.472 e. The normalized spacial score (nSPS) is 19.1. The highest BCUT2D eigenvalue weighted by Gasteiger charge is 2.49. The standard InChI is InChI=1S/C26H27F3N6O.C23H21F3N6O/c1-14-11-35(3)12-20(14)36-25-19(26(13-30)7-8-26)9-18-23(32-15(2)33-24(18)34-25)31-10-16-5-4-6-17(21(16)27)22(28)29;1-12-29-20(28-8-13-3-2-4-15(18(13)24)19(25)26)16-7-17(23(11-27)5-6-23)22(32-21(16)30-12)31-14-9-33-10-14/h4-6,9,14,20,22H,7-8,10-12H2,1-3H3,(H,31,32,33,34);2-4,7,14,19H,5-6,8-10H2,1H3,(H2,28,29,30,31,32). The maximum atomic E-state index is 14.6. The predicted octanol–water partition coefficient (Wildman–Crippen LogP) is 9.29. The summed E-state index contributed by atoms with van der Waals surface area (Å²) in [5.74, 6) is 1.12. The van der Waals surface area contributed by atoms with Crippen molar-refractivity contribution in [2.45, 2.75) is 95.4 Å². The van der Waals surface area contributed by atoms with Crippen LogP contribution in [0.4, 0.5) is 43.8 Å². The first kappa shape index (κ1) is 47.2. The number of likely N-dealkylation sites (tertiary alicyclic amines) is 1. The largest absolute Gasteiger partial charge is 0.472 e. The summed E-state index contributed by atoms with van der Waals surface area (Å²) in [6, 6.07) is 16.5. The van der Waals surface area contributed by atoms with Crippen LogP contribution in [0.15, 0.2) is 48.5 Å². The second-order valence-electron chi connectivity index (χ2n) is 18.3. The Labute approximate surface area is 393 Å². The summed E-state index contributed by atoms with van der Waals surface area (Å²) in [5.41, 5.74) is -0.0953. The van der Waals surface area contributed by atoms with Crippen LogP contribution in [-0.4, -0.2) is 80.3 Å². The lowest BCUT2D eigenvalue weighted by atomic mass is 9.96. The summed E-state index contributed by atoms with van der Waals surface area (Å²) in [4.78, 5) is 29.4. The Kier molecular flexibility index (Phi) is 12.9. The van der Waals surface area contributed by atoms with Crippen LogP contribution in [0.1, 0.15) is 90.5 Å². The predicted molar refractivity (Wildman–Crippen MR) is 244 cm³/mol. The van der Waals surface area contributed by atoms with Crippen molar-refractivity contribution in [3.63, 3.8) is 0 Å². The fraction of sp³-hybridized carbons (Fsp3) is 0.429. The van der Waals surface area contributed by atoms with Gasteiger partial charge in [0.05, 0.1) is 64.1 Å². The number of hydrogen-bond acceptors (Lipinski definition) is 14. The minimum absolute atomic E-state index is 0.0455. The Bertz CT molecular complexity index is 3020. The number of anilines is 3. The zero-order valence-corrected chi connectivity index (χ0v) is 38.2. The number of pyridine rings is 2. The average Bonchev–Trinajstić information content (AvgIpc) is 4.24. The number of nitrogens with one attached hydrogen (secondary N) is 3. The highest BCUT2D eigenvalue weighted by molar-refractivity contribution is 5.90. The first-order valence-electron chi connectivity index (χ1n) is 22.6. The molecule has 0 bridgehead atoms. The number of likely N-dealkylation sites (N-methyl/N-ethyl adjacent to an activating group) is 1. The number of halogens is 6. The molecule has 6 aromatic rings. The smallest absolute Gasteiger partial charge is 0.266 e. The van der Waals surface area contributed by atoms with E-state index >= 15 is 0 Å². The molecule has 4 aromatic heterocycles. The van der Waals surface area contributed by atoms with Gasteiger partial charge in [-0.1, -0.05) is 43.3 Å². The van der Waals surface area contributed by atoms with Gasteiger partial charge in [-0.2, -0.15) is 15.5 Å². The molecule has 0 amide bonds. The third-order valence-electron chi connectivity index (χ3n) is 13.1. The number of ether oxygens (including phenoxy) is 2. The fourth-order valence-electron chi connectivity index (χ4n) is 8.77.